The minimum Gasteiger partial charge on any atom is -0.258 e. The molecule has 0 atom stereocenters. The van der Waals surface area contributed by atoms with E-state index in [1.807, 2.05) is 0 Å². The van der Waals surface area contributed by atoms with Crippen molar-refractivity contribution in [3.63, 3.8) is 0 Å². The van der Waals surface area contributed by atoms with Crippen molar-refractivity contribution in [2.24, 2.45) is 0 Å². The Hall–Kier alpha value is -2.62. The molecule has 2 heterocycles. The summed E-state index contributed by atoms with van der Waals surface area (Å²) < 4.78 is 115. The largest absolute Gasteiger partial charge is 0.395 e. The van der Waals surface area contributed by atoms with Gasteiger partial charge in [0.15, 0.2) is 0 Å². The zero-order chi connectivity index (χ0) is 20.0. The molecule has 0 saturated carbocycles. The summed E-state index contributed by atoms with van der Waals surface area (Å²) in [6, 6.07) is 0. The molecule has 1 aromatic carbocycles. The normalized spacial score (nSPS) is 23.4. The third kappa shape index (κ3) is 2.08. The third-order valence-electron chi connectivity index (χ3n) is 3.49. The van der Waals surface area contributed by atoms with Crippen LogP contribution in [0.15, 0.2) is 0 Å². The van der Waals surface area contributed by atoms with Gasteiger partial charge in [-0.1, -0.05) is 0 Å². The number of ether oxygens (including phenoxy) is 2. The number of halogens is 8. The van der Waals surface area contributed by atoms with Crippen molar-refractivity contribution >= 4 is 11.4 Å². The highest BCUT2D eigenvalue weighted by Gasteiger charge is 2.73. The molecule has 2 aliphatic rings. The van der Waals surface area contributed by atoms with Crippen molar-refractivity contribution in [1.82, 2.24) is 0 Å². The molecule has 3 rings (SSSR count). The number of alkyl halides is 8. The molecule has 0 aromatic heterocycles. The molecule has 1 aromatic rings. The van der Waals surface area contributed by atoms with Gasteiger partial charge in [-0.15, -0.1) is 0 Å². The first-order valence-electron chi connectivity index (χ1n) is 6.01. The van der Waals surface area contributed by atoms with E-state index in [2.05, 4.69) is 9.47 Å². The summed E-state index contributed by atoms with van der Waals surface area (Å²) in [7, 11) is 0. The van der Waals surface area contributed by atoms with Gasteiger partial charge in [0.25, 0.3) is 11.4 Å². The second kappa shape index (κ2) is 4.56. The van der Waals surface area contributed by atoms with Crippen molar-refractivity contribution in [2.75, 3.05) is 0 Å². The highest BCUT2D eigenvalue weighted by atomic mass is 19.3. The third-order valence-corrected chi connectivity index (χ3v) is 3.49. The van der Waals surface area contributed by atoms with Crippen molar-refractivity contribution in [1.29, 1.82) is 0 Å². The van der Waals surface area contributed by atoms with E-state index in [9.17, 15) is 55.4 Å². The van der Waals surface area contributed by atoms with Crippen LogP contribution < -0.4 is 0 Å². The number of fused-ring (bicyclic) bond motifs is 2. The van der Waals surface area contributed by atoms with Crippen molar-refractivity contribution in [3.05, 3.63) is 42.5 Å². The van der Waals surface area contributed by atoms with Gasteiger partial charge in [0.2, 0.25) is 0 Å². The molecule has 142 valence electrons. The van der Waals surface area contributed by atoms with E-state index in [0.717, 1.165) is 0 Å². The number of hydrogen-bond donors (Lipinski definition) is 0. The van der Waals surface area contributed by atoms with E-state index in [-0.39, 0.29) is 0 Å². The van der Waals surface area contributed by atoms with Crippen molar-refractivity contribution in [2.45, 2.75) is 24.4 Å². The number of nitro groups is 2. The summed E-state index contributed by atoms with van der Waals surface area (Å²) in [5.74, 6) is 0. The lowest BCUT2D eigenvalue weighted by Gasteiger charge is -2.12. The van der Waals surface area contributed by atoms with Crippen LogP contribution in [0, 0.1) is 20.2 Å². The summed E-state index contributed by atoms with van der Waals surface area (Å²) in [6.45, 7) is 0. The van der Waals surface area contributed by atoms with Gasteiger partial charge >= 0.3 is 24.4 Å². The van der Waals surface area contributed by atoms with E-state index in [0.29, 0.717) is 0 Å². The minimum absolute atomic E-state index is 2.08. The van der Waals surface area contributed by atoms with Gasteiger partial charge < -0.3 is 0 Å². The summed E-state index contributed by atoms with van der Waals surface area (Å²) in [5, 5.41) is 21.9. The molecular formula is C10F8N2O6. The molecule has 8 nitrogen and oxygen atoms in total. The van der Waals surface area contributed by atoms with Crippen LogP contribution in [-0.4, -0.2) is 9.85 Å². The standard InChI is InChI=1S/C10F8N2O6/c11-7(12)1-2(8(13,14)25-7)6(20(23)24)4-3(5(1)19(21)22)9(15,16)26-10(4,17)18. The average molecular weight is 396 g/mol. The fraction of sp³-hybridized carbons (Fsp3) is 0.400. The van der Waals surface area contributed by atoms with Crippen LogP contribution in [0.3, 0.4) is 0 Å². The first-order valence-corrected chi connectivity index (χ1v) is 6.01. The Bertz CT molecular complexity index is 761. The van der Waals surface area contributed by atoms with Gasteiger partial charge in [-0.05, 0) is 0 Å². The molecule has 2 aliphatic heterocycles. The van der Waals surface area contributed by atoms with E-state index in [1.165, 1.54) is 0 Å². The zero-order valence-electron chi connectivity index (χ0n) is 11.4. The Kier molecular flexibility index (Phi) is 3.19. The lowest BCUT2D eigenvalue weighted by Crippen LogP contribution is -2.20. The van der Waals surface area contributed by atoms with Crippen LogP contribution in [0.25, 0.3) is 0 Å². The summed E-state index contributed by atoms with van der Waals surface area (Å²) in [4.78, 5) is 17.8. The van der Waals surface area contributed by atoms with E-state index in [4.69, 9.17) is 0 Å². The molecule has 0 spiro atoms. The molecule has 0 aliphatic carbocycles. The highest BCUT2D eigenvalue weighted by molar-refractivity contribution is 5.71. The maximum Gasteiger partial charge on any atom is 0.395 e. The molecule has 0 bridgehead atoms. The first kappa shape index (κ1) is 18.2. The first-order chi connectivity index (χ1) is 11.5. The minimum atomic E-state index is -5.37. The van der Waals surface area contributed by atoms with Gasteiger partial charge in [0.05, 0.1) is 9.85 Å². The lowest BCUT2D eigenvalue weighted by molar-refractivity contribution is -0.406. The molecule has 0 amide bonds. The molecule has 16 heteroatoms. The maximum atomic E-state index is 13.7. The summed E-state index contributed by atoms with van der Waals surface area (Å²) >= 11 is 0. The van der Waals surface area contributed by atoms with Gasteiger partial charge in [-0.2, -0.15) is 35.1 Å². The van der Waals surface area contributed by atoms with Crippen LogP contribution in [-0.2, 0) is 33.9 Å². The quantitative estimate of drug-likeness (QED) is 0.428. The van der Waals surface area contributed by atoms with Gasteiger partial charge in [0, 0.05) is 0 Å². The molecule has 0 unspecified atom stereocenters. The van der Waals surface area contributed by atoms with Gasteiger partial charge in [-0.25, -0.2) is 9.47 Å². The monoisotopic (exact) mass is 396 g/mol. The summed E-state index contributed by atoms with van der Waals surface area (Å²) in [5.41, 5.74) is -15.7. The van der Waals surface area contributed by atoms with Crippen LogP contribution in [0.2, 0.25) is 0 Å². The Labute approximate surface area is 134 Å². The van der Waals surface area contributed by atoms with Crippen molar-refractivity contribution in [3.8, 4) is 0 Å². The number of hydrogen-bond acceptors (Lipinski definition) is 6. The second-order valence-corrected chi connectivity index (χ2v) is 4.98. The van der Waals surface area contributed by atoms with E-state index < -0.39 is 67.9 Å². The molecular weight excluding hydrogens is 396 g/mol. The highest BCUT2D eigenvalue weighted by Crippen LogP contribution is 2.65. The predicted molar refractivity (Wildman–Crippen MR) is 57.5 cm³/mol. The Morgan fingerprint density at radius 1 is 0.577 bits per heavy atom. The van der Waals surface area contributed by atoms with Crippen molar-refractivity contribution < 1.29 is 54.4 Å². The topological polar surface area (TPSA) is 105 Å². The molecule has 0 fully saturated rings. The van der Waals surface area contributed by atoms with Crippen LogP contribution in [0.5, 0.6) is 0 Å². The number of rotatable bonds is 2. The molecule has 26 heavy (non-hydrogen) atoms. The second-order valence-electron chi connectivity index (χ2n) is 4.98. The average Bonchev–Trinajstić information content (AvgIpc) is 2.71. The van der Waals surface area contributed by atoms with Crippen LogP contribution >= 0.6 is 0 Å². The maximum absolute atomic E-state index is 13.7. The lowest BCUT2D eigenvalue weighted by atomic mass is 9.93. The van der Waals surface area contributed by atoms with E-state index >= 15 is 0 Å². The fourth-order valence-corrected chi connectivity index (χ4v) is 2.75. The smallest absolute Gasteiger partial charge is 0.258 e. The fourth-order valence-electron chi connectivity index (χ4n) is 2.75. The molecule has 0 saturated heterocycles. The number of nitro benzene ring substituents is 2. The Morgan fingerprint density at radius 2 is 0.769 bits per heavy atom. The number of nitrogens with zero attached hydrogens (tertiary/aromatic N) is 2. The van der Waals surface area contributed by atoms with Gasteiger partial charge in [-0.3, -0.25) is 20.2 Å². The van der Waals surface area contributed by atoms with Crippen LogP contribution in [0.1, 0.15) is 22.3 Å². The van der Waals surface area contributed by atoms with Crippen LogP contribution in [0.4, 0.5) is 46.5 Å². The Balaban J connectivity index is 2.68. The van der Waals surface area contributed by atoms with E-state index in [1.54, 1.807) is 0 Å². The molecule has 0 N–H and O–H groups in total. The SMILES string of the molecule is O=[N+]([O-])c1c2c(c([N+](=O)[O-])c3c1C(F)(F)OC3(F)F)C(F)(F)OC2(F)F. The Morgan fingerprint density at radius 3 is 0.923 bits per heavy atom. The summed E-state index contributed by atoms with van der Waals surface area (Å²) in [6.07, 6.45) is -21.5. The molecule has 0 radical (unpaired) electrons. The van der Waals surface area contributed by atoms with Gasteiger partial charge in [0.1, 0.15) is 22.3 Å². The predicted octanol–water partition coefficient (Wildman–Crippen LogP) is 3.76. The zero-order valence-corrected chi connectivity index (χ0v) is 11.4. The number of benzene rings is 1.